The standard InChI is InChI=1S/C10H14N2O3/c1-7(2)10(13)6-8-9(12(14)15)4-3-5-11-8/h3-5,7,10,13H,6H2,1-2H3. The number of aromatic nitrogens is 1. The Labute approximate surface area is 87.9 Å². The first-order valence-electron chi connectivity index (χ1n) is 4.78. The summed E-state index contributed by atoms with van der Waals surface area (Å²) in [4.78, 5) is 14.1. The fourth-order valence-corrected chi connectivity index (χ4v) is 1.19. The smallest absolute Gasteiger partial charge is 0.290 e. The zero-order valence-corrected chi connectivity index (χ0v) is 8.75. The largest absolute Gasteiger partial charge is 0.392 e. The molecule has 0 spiro atoms. The van der Waals surface area contributed by atoms with Crippen LogP contribution in [0.1, 0.15) is 19.5 Å². The minimum absolute atomic E-state index is 0.0304. The van der Waals surface area contributed by atoms with Gasteiger partial charge in [0.1, 0.15) is 5.69 Å². The van der Waals surface area contributed by atoms with E-state index in [0.29, 0.717) is 5.69 Å². The molecule has 0 amide bonds. The van der Waals surface area contributed by atoms with Gasteiger partial charge in [-0.3, -0.25) is 15.1 Å². The fraction of sp³-hybridized carbons (Fsp3) is 0.500. The number of hydrogen-bond donors (Lipinski definition) is 1. The predicted octanol–water partition coefficient (Wildman–Crippen LogP) is 1.55. The molecular weight excluding hydrogens is 196 g/mol. The molecule has 1 rings (SSSR count). The van der Waals surface area contributed by atoms with Crippen LogP contribution in [0.4, 0.5) is 5.69 Å². The number of nitro groups is 1. The van der Waals surface area contributed by atoms with Gasteiger partial charge in [0.25, 0.3) is 5.69 Å². The second-order valence-corrected chi connectivity index (χ2v) is 3.74. The van der Waals surface area contributed by atoms with Crippen LogP contribution < -0.4 is 0 Å². The van der Waals surface area contributed by atoms with Gasteiger partial charge < -0.3 is 5.11 Å². The third kappa shape index (κ3) is 2.99. The molecule has 82 valence electrons. The molecule has 0 radical (unpaired) electrons. The highest BCUT2D eigenvalue weighted by Crippen LogP contribution is 2.18. The van der Waals surface area contributed by atoms with Gasteiger partial charge in [-0.2, -0.15) is 0 Å². The molecule has 0 aliphatic rings. The summed E-state index contributed by atoms with van der Waals surface area (Å²) in [7, 11) is 0. The zero-order chi connectivity index (χ0) is 11.4. The van der Waals surface area contributed by atoms with Crippen molar-refractivity contribution in [1.82, 2.24) is 4.98 Å². The first-order valence-corrected chi connectivity index (χ1v) is 4.78. The van der Waals surface area contributed by atoms with Gasteiger partial charge in [0.05, 0.1) is 11.0 Å². The highest BCUT2D eigenvalue weighted by Gasteiger charge is 2.19. The summed E-state index contributed by atoms with van der Waals surface area (Å²) in [5.41, 5.74) is 0.306. The summed E-state index contributed by atoms with van der Waals surface area (Å²) in [5.74, 6) is 0.0617. The summed E-state index contributed by atoms with van der Waals surface area (Å²) in [6, 6.07) is 2.92. The van der Waals surface area contributed by atoms with Crippen molar-refractivity contribution in [3.63, 3.8) is 0 Å². The Kier molecular flexibility index (Phi) is 3.74. The predicted molar refractivity (Wildman–Crippen MR) is 55.4 cm³/mol. The van der Waals surface area contributed by atoms with Gasteiger partial charge in [0.15, 0.2) is 0 Å². The highest BCUT2D eigenvalue weighted by atomic mass is 16.6. The van der Waals surface area contributed by atoms with Gasteiger partial charge in [-0.1, -0.05) is 13.8 Å². The third-order valence-corrected chi connectivity index (χ3v) is 2.23. The Balaban J connectivity index is 2.89. The molecule has 0 aliphatic carbocycles. The molecule has 1 aromatic rings. The number of nitrogens with zero attached hydrogens (tertiary/aromatic N) is 2. The number of aliphatic hydroxyl groups is 1. The molecular formula is C10H14N2O3. The van der Waals surface area contributed by atoms with E-state index < -0.39 is 11.0 Å². The molecule has 1 heterocycles. The molecule has 1 N–H and O–H groups in total. The van der Waals surface area contributed by atoms with Gasteiger partial charge in [-0.15, -0.1) is 0 Å². The minimum Gasteiger partial charge on any atom is -0.392 e. The van der Waals surface area contributed by atoms with Crippen LogP contribution in [0.5, 0.6) is 0 Å². The van der Waals surface area contributed by atoms with Crippen molar-refractivity contribution in [2.45, 2.75) is 26.4 Å². The highest BCUT2D eigenvalue weighted by molar-refractivity contribution is 5.34. The van der Waals surface area contributed by atoms with Gasteiger partial charge in [0.2, 0.25) is 0 Å². The average Bonchev–Trinajstić information content (AvgIpc) is 2.18. The maximum absolute atomic E-state index is 10.7. The monoisotopic (exact) mass is 210 g/mol. The Morgan fingerprint density at radius 3 is 2.80 bits per heavy atom. The van der Waals surface area contributed by atoms with Crippen molar-refractivity contribution >= 4 is 5.69 Å². The second-order valence-electron chi connectivity index (χ2n) is 3.74. The molecule has 0 fully saturated rings. The number of pyridine rings is 1. The first-order chi connectivity index (χ1) is 7.02. The second kappa shape index (κ2) is 4.84. The maximum Gasteiger partial charge on any atom is 0.290 e. The summed E-state index contributed by atoms with van der Waals surface area (Å²) >= 11 is 0. The quantitative estimate of drug-likeness (QED) is 0.604. The van der Waals surface area contributed by atoms with Crippen LogP contribution in [-0.2, 0) is 6.42 Å². The molecule has 0 aliphatic heterocycles. The maximum atomic E-state index is 10.7. The molecule has 15 heavy (non-hydrogen) atoms. The molecule has 0 saturated carbocycles. The van der Waals surface area contributed by atoms with E-state index in [9.17, 15) is 15.2 Å². The average molecular weight is 210 g/mol. The van der Waals surface area contributed by atoms with E-state index in [2.05, 4.69) is 4.98 Å². The van der Waals surface area contributed by atoms with Crippen LogP contribution in [0.15, 0.2) is 18.3 Å². The van der Waals surface area contributed by atoms with E-state index in [1.165, 1.54) is 18.3 Å². The fourth-order valence-electron chi connectivity index (χ4n) is 1.19. The number of rotatable bonds is 4. The van der Waals surface area contributed by atoms with E-state index >= 15 is 0 Å². The lowest BCUT2D eigenvalue weighted by Gasteiger charge is -2.13. The molecule has 1 unspecified atom stereocenters. The van der Waals surface area contributed by atoms with Crippen molar-refractivity contribution in [3.05, 3.63) is 34.1 Å². The lowest BCUT2D eigenvalue weighted by atomic mass is 10.0. The van der Waals surface area contributed by atoms with Crippen LogP contribution in [0.3, 0.4) is 0 Å². The summed E-state index contributed by atoms with van der Waals surface area (Å²) in [5, 5.41) is 20.3. The summed E-state index contributed by atoms with van der Waals surface area (Å²) in [6.45, 7) is 3.72. The van der Waals surface area contributed by atoms with Crippen LogP contribution in [0, 0.1) is 16.0 Å². The van der Waals surface area contributed by atoms with Gasteiger partial charge >= 0.3 is 0 Å². The van der Waals surface area contributed by atoms with Crippen LogP contribution in [0.25, 0.3) is 0 Å². The summed E-state index contributed by atoms with van der Waals surface area (Å²) in [6.07, 6.45) is 1.11. The SMILES string of the molecule is CC(C)C(O)Cc1ncccc1[N+](=O)[O-]. The van der Waals surface area contributed by atoms with E-state index in [1.807, 2.05) is 13.8 Å². The Morgan fingerprint density at radius 1 is 1.60 bits per heavy atom. The third-order valence-electron chi connectivity index (χ3n) is 2.23. The Hall–Kier alpha value is -1.49. The molecule has 0 saturated heterocycles. The lowest BCUT2D eigenvalue weighted by molar-refractivity contribution is -0.386. The Bertz CT molecular complexity index is 352. The van der Waals surface area contributed by atoms with Crippen molar-refractivity contribution in [1.29, 1.82) is 0 Å². The zero-order valence-electron chi connectivity index (χ0n) is 8.75. The van der Waals surface area contributed by atoms with Crippen LogP contribution >= 0.6 is 0 Å². The van der Waals surface area contributed by atoms with Crippen molar-refractivity contribution < 1.29 is 10.0 Å². The molecule has 1 aromatic heterocycles. The van der Waals surface area contributed by atoms with Gasteiger partial charge in [-0.05, 0) is 12.0 Å². The van der Waals surface area contributed by atoms with Crippen molar-refractivity contribution in [2.24, 2.45) is 5.92 Å². The number of hydrogen-bond acceptors (Lipinski definition) is 4. The van der Waals surface area contributed by atoms with Crippen LogP contribution in [-0.4, -0.2) is 21.1 Å². The van der Waals surface area contributed by atoms with Gasteiger partial charge in [0, 0.05) is 18.7 Å². The molecule has 0 bridgehead atoms. The topological polar surface area (TPSA) is 76.3 Å². The van der Waals surface area contributed by atoms with E-state index in [1.54, 1.807) is 0 Å². The van der Waals surface area contributed by atoms with Crippen molar-refractivity contribution in [3.8, 4) is 0 Å². The van der Waals surface area contributed by atoms with E-state index in [4.69, 9.17) is 0 Å². The van der Waals surface area contributed by atoms with Crippen LogP contribution in [0.2, 0.25) is 0 Å². The molecule has 0 aromatic carbocycles. The Morgan fingerprint density at radius 2 is 2.27 bits per heavy atom. The van der Waals surface area contributed by atoms with Gasteiger partial charge in [-0.25, -0.2) is 0 Å². The summed E-state index contributed by atoms with van der Waals surface area (Å²) < 4.78 is 0. The van der Waals surface area contributed by atoms with Crippen molar-refractivity contribution in [2.75, 3.05) is 0 Å². The number of aliphatic hydroxyl groups excluding tert-OH is 1. The lowest BCUT2D eigenvalue weighted by Crippen LogP contribution is -2.19. The molecule has 5 nitrogen and oxygen atoms in total. The minimum atomic E-state index is -0.599. The van der Waals surface area contributed by atoms with E-state index in [-0.39, 0.29) is 18.0 Å². The first kappa shape index (κ1) is 11.6. The molecule has 5 heteroatoms. The normalized spacial score (nSPS) is 12.8. The van der Waals surface area contributed by atoms with E-state index in [0.717, 1.165) is 0 Å². The molecule has 1 atom stereocenters.